The maximum absolute atomic E-state index is 13.0. The first-order chi connectivity index (χ1) is 14.3. The predicted octanol–water partition coefficient (Wildman–Crippen LogP) is -1.08. The van der Waals surface area contributed by atoms with Crippen molar-refractivity contribution in [3.63, 3.8) is 0 Å². The summed E-state index contributed by atoms with van der Waals surface area (Å²) in [5.41, 5.74) is 0.602. The number of H-pyrrole nitrogens is 1. The summed E-state index contributed by atoms with van der Waals surface area (Å²) < 4.78 is 0. The van der Waals surface area contributed by atoms with Gasteiger partial charge in [-0.15, -0.1) is 0 Å². The molecule has 4 atom stereocenters. The number of carbonyl (C=O) groups excluding carboxylic acids is 3. The van der Waals surface area contributed by atoms with Crippen molar-refractivity contribution in [3.05, 3.63) is 18.2 Å². The van der Waals surface area contributed by atoms with Crippen LogP contribution in [-0.2, 0) is 25.6 Å². The zero-order valence-corrected chi connectivity index (χ0v) is 17.2. The minimum absolute atomic E-state index is 0.0997. The molecule has 0 aromatic carbocycles. The van der Waals surface area contributed by atoms with Crippen molar-refractivity contribution in [3.8, 4) is 0 Å². The average molecular weight is 422 g/mol. The first-order valence-electron chi connectivity index (χ1n) is 10.1. The molecule has 6 N–H and O–H groups in total. The van der Waals surface area contributed by atoms with Crippen molar-refractivity contribution < 1.29 is 24.3 Å². The molecule has 2 rings (SSSR count). The van der Waals surface area contributed by atoms with E-state index in [1.54, 1.807) is 0 Å². The van der Waals surface area contributed by atoms with Crippen molar-refractivity contribution in [2.24, 2.45) is 5.92 Å². The number of aliphatic carboxylic acids is 1. The van der Waals surface area contributed by atoms with Crippen LogP contribution in [0.4, 0.5) is 0 Å². The highest BCUT2D eigenvalue weighted by atomic mass is 16.4. The van der Waals surface area contributed by atoms with E-state index < -0.39 is 36.4 Å². The van der Waals surface area contributed by atoms with Crippen LogP contribution >= 0.6 is 0 Å². The van der Waals surface area contributed by atoms with Gasteiger partial charge >= 0.3 is 5.97 Å². The SMILES string of the molecule is CCC(C)C(NC(=O)C1CCCN1)C(=O)NC(Cc1cnc[nH]1)C(=O)NCC(=O)O. The minimum atomic E-state index is -1.19. The molecule has 166 valence electrons. The van der Waals surface area contributed by atoms with Gasteiger partial charge in [0.25, 0.3) is 0 Å². The Labute approximate surface area is 174 Å². The molecule has 1 saturated heterocycles. The highest BCUT2D eigenvalue weighted by molar-refractivity contribution is 5.94. The number of hydrogen-bond donors (Lipinski definition) is 6. The topological polar surface area (TPSA) is 165 Å². The summed E-state index contributed by atoms with van der Waals surface area (Å²) >= 11 is 0. The van der Waals surface area contributed by atoms with E-state index in [4.69, 9.17) is 5.11 Å². The third-order valence-corrected chi connectivity index (χ3v) is 5.20. The van der Waals surface area contributed by atoms with Crippen molar-refractivity contribution in [1.29, 1.82) is 0 Å². The van der Waals surface area contributed by atoms with Crippen molar-refractivity contribution in [1.82, 2.24) is 31.2 Å². The Bertz CT molecular complexity index is 732. The van der Waals surface area contributed by atoms with Gasteiger partial charge in [0.05, 0.1) is 12.4 Å². The van der Waals surface area contributed by atoms with E-state index >= 15 is 0 Å². The van der Waals surface area contributed by atoms with Gasteiger partial charge in [0.1, 0.15) is 18.6 Å². The van der Waals surface area contributed by atoms with Gasteiger partial charge in [-0.2, -0.15) is 0 Å². The Balaban J connectivity index is 2.10. The number of carboxylic acid groups (broad SMARTS) is 1. The second kappa shape index (κ2) is 11.3. The molecule has 30 heavy (non-hydrogen) atoms. The van der Waals surface area contributed by atoms with E-state index in [0.29, 0.717) is 18.5 Å². The Morgan fingerprint density at radius 2 is 2.03 bits per heavy atom. The Morgan fingerprint density at radius 1 is 1.27 bits per heavy atom. The van der Waals surface area contributed by atoms with Crippen molar-refractivity contribution in [2.75, 3.05) is 13.1 Å². The molecule has 1 fully saturated rings. The van der Waals surface area contributed by atoms with Crippen LogP contribution in [0.5, 0.6) is 0 Å². The standard InChI is InChI=1S/C19H30N6O5/c1-3-11(2)16(25-18(29)13-5-4-6-21-13)19(30)24-14(7-12-8-20-10-23-12)17(28)22-9-15(26)27/h8,10-11,13-14,16,21H,3-7,9H2,1-2H3,(H,20,23)(H,22,28)(H,24,30)(H,25,29)(H,26,27). The van der Waals surface area contributed by atoms with Gasteiger partial charge in [0.15, 0.2) is 0 Å². The number of amides is 3. The molecular formula is C19H30N6O5. The number of imidazole rings is 1. The van der Waals surface area contributed by atoms with Crippen LogP contribution < -0.4 is 21.3 Å². The van der Waals surface area contributed by atoms with Gasteiger partial charge in [-0.25, -0.2) is 4.98 Å². The molecule has 1 aromatic rings. The molecule has 0 saturated carbocycles. The van der Waals surface area contributed by atoms with Gasteiger partial charge in [0, 0.05) is 18.3 Å². The van der Waals surface area contributed by atoms with Crippen LogP contribution in [0, 0.1) is 5.92 Å². The number of aromatic amines is 1. The van der Waals surface area contributed by atoms with Gasteiger partial charge in [0.2, 0.25) is 17.7 Å². The van der Waals surface area contributed by atoms with E-state index in [-0.39, 0.29) is 24.3 Å². The van der Waals surface area contributed by atoms with Crippen LogP contribution in [0.2, 0.25) is 0 Å². The fraction of sp³-hybridized carbons (Fsp3) is 0.632. The molecule has 0 spiro atoms. The van der Waals surface area contributed by atoms with Gasteiger partial charge in [-0.3, -0.25) is 19.2 Å². The predicted molar refractivity (Wildman–Crippen MR) is 107 cm³/mol. The lowest BCUT2D eigenvalue weighted by molar-refractivity contribution is -0.138. The fourth-order valence-electron chi connectivity index (χ4n) is 3.24. The minimum Gasteiger partial charge on any atom is -0.480 e. The summed E-state index contributed by atoms with van der Waals surface area (Å²) in [6.45, 7) is 3.95. The van der Waals surface area contributed by atoms with Gasteiger partial charge < -0.3 is 31.4 Å². The second-order valence-electron chi connectivity index (χ2n) is 7.47. The zero-order chi connectivity index (χ0) is 22.1. The quantitative estimate of drug-likeness (QED) is 0.264. The number of carbonyl (C=O) groups is 4. The van der Waals surface area contributed by atoms with Gasteiger partial charge in [-0.05, 0) is 25.3 Å². The van der Waals surface area contributed by atoms with Crippen LogP contribution in [0.1, 0.15) is 38.8 Å². The summed E-state index contributed by atoms with van der Waals surface area (Å²) in [6, 6.07) is -2.17. The van der Waals surface area contributed by atoms with E-state index in [2.05, 4.69) is 31.2 Å². The fourth-order valence-corrected chi connectivity index (χ4v) is 3.24. The first-order valence-corrected chi connectivity index (χ1v) is 10.1. The maximum atomic E-state index is 13.0. The molecule has 0 bridgehead atoms. The number of nitrogens with one attached hydrogen (secondary N) is 5. The molecule has 0 aliphatic carbocycles. The maximum Gasteiger partial charge on any atom is 0.322 e. The lowest BCUT2D eigenvalue weighted by Crippen LogP contribution is -2.58. The number of rotatable bonds is 11. The first kappa shape index (κ1) is 23.3. The summed E-state index contributed by atoms with van der Waals surface area (Å²) in [5.74, 6) is -2.72. The van der Waals surface area contributed by atoms with Crippen LogP contribution in [0.25, 0.3) is 0 Å². The Hall–Kier alpha value is -2.95. The van der Waals surface area contributed by atoms with Crippen molar-refractivity contribution in [2.45, 2.75) is 57.7 Å². The molecule has 0 radical (unpaired) electrons. The molecule has 1 aliphatic heterocycles. The number of nitrogens with zero attached hydrogens (tertiary/aromatic N) is 1. The van der Waals surface area contributed by atoms with Gasteiger partial charge in [-0.1, -0.05) is 20.3 Å². The molecule has 11 nitrogen and oxygen atoms in total. The third-order valence-electron chi connectivity index (χ3n) is 5.20. The molecule has 11 heteroatoms. The normalized spacial score (nSPS) is 18.8. The average Bonchev–Trinajstić information content (AvgIpc) is 3.42. The van der Waals surface area contributed by atoms with E-state index in [1.807, 2.05) is 13.8 Å². The number of hydrogen-bond acceptors (Lipinski definition) is 6. The smallest absolute Gasteiger partial charge is 0.322 e. The van der Waals surface area contributed by atoms with E-state index in [0.717, 1.165) is 13.0 Å². The van der Waals surface area contributed by atoms with Crippen molar-refractivity contribution >= 4 is 23.7 Å². The van der Waals surface area contributed by atoms with Crippen LogP contribution in [-0.4, -0.2) is 70.0 Å². The highest BCUT2D eigenvalue weighted by Gasteiger charge is 2.32. The summed E-state index contributed by atoms with van der Waals surface area (Å²) in [5, 5.41) is 19.7. The molecule has 1 aromatic heterocycles. The largest absolute Gasteiger partial charge is 0.480 e. The highest BCUT2D eigenvalue weighted by Crippen LogP contribution is 2.12. The van der Waals surface area contributed by atoms with E-state index in [1.165, 1.54) is 12.5 Å². The summed E-state index contributed by atoms with van der Waals surface area (Å²) in [4.78, 5) is 55.5. The van der Waals surface area contributed by atoms with E-state index in [9.17, 15) is 19.2 Å². The molecule has 3 amide bonds. The summed E-state index contributed by atoms with van der Waals surface area (Å²) in [7, 11) is 0. The zero-order valence-electron chi connectivity index (χ0n) is 17.2. The number of aromatic nitrogens is 2. The Morgan fingerprint density at radius 3 is 2.60 bits per heavy atom. The second-order valence-corrected chi connectivity index (χ2v) is 7.47. The number of carboxylic acids is 1. The third kappa shape index (κ3) is 6.83. The summed E-state index contributed by atoms with van der Waals surface area (Å²) in [6.07, 6.45) is 5.31. The van der Waals surface area contributed by atoms with Crippen LogP contribution in [0.15, 0.2) is 12.5 Å². The monoisotopic (exact) mass is 422 g/mol. The van der Waals surface area contributed by atoms with Crippen LogP contribution in [0.3, 0.4) is 0 Å². The Kier molecular flexibility index (Phi) is 8.78. The molecule has 4 unspecified atom stereocenters. The molecule has 2 heterocycles. The molecule has 1 aliphatic rings. The lowest BCUT2D eigenvalue weighted by Gasteiger charge is -2.27. The lowest BCUT2D eigenvalue weighted by atomic mass is 9.97. The molecular weight excluding hydrogens is 392 g/mol.